The molecule has 0 aliphatic heterocycles. The van der Waals surface area contributed by atoms with Crippen LogP contribution in [0.3, 0.4) is 0 Å². The number of carbonyl (C=O) groups is 1. The first kappa shape index (κ1) is 18.1. The number of ether oxygens (including phenoxy) is 1. The zero-order valence-corrected chi connectivity index (χ0v) is 14.2. The van der Waals surface area contributed by atoms with E-state index in [-0.39, 0.29) is 11.7 Å². The van der Waals surface area contributed by atoms with Crippen LogP contribution in [-0.4, -0.2) is 32.0 Å². The zero-order chi connectivity index (χ0) is 16.5. The van der Waals surface area contributed by atoms with E-state index in [1.807, 2.05) is 38.3 Å². The number of Topliss-reactive ketones (excluding diaryl/α,β-unsaturated/α-hetero) is 1. The number of amidine groups is 1. The summed E-state index contributed by atoms with van der Waals surface area (Å²) < 4.78 is 5.39. The van der Waals surface area contributed by atoms with Crippen molar-refractivity contribution in [3.63, 3.8) is 0 Å². The van der Waals surface area contributed by atoms with Crippen LogP contribution in [0.2, 0.25) is 0 Å². The summed E-state index contributed by atoms with van der Waals surface area (Å²) in [6, 6.07) is 5.52. The van der Waals surface area contributed by atoms with Gasteiger partial charge in [-0.25, -0.2) is 4.99 Å². The first-order valence-electron chi connectivity index (χ1n) is 7.80. The molecule has 4 heteroatoms. The van der Waals surface area contributed by atoms with Gasteiger partial charge in [0.2, 0.25) is 0 Å². The summed E-state index contributed by atoms with van der Waals surface area (Å²) in [5, 5.41) is 0. The van der Waals surface area contributed by atoms with Crippen molar-refractivity contribution in [2.75, 3.05) is 14.2 Å². The van der Waals surface area contributed by atoms with Crippen molar-refractivity contribution < 1.29 is 9.53 Å². The van der Waals surface area contributed by atoms with Crippen LogP contribution >= 0.6 is 0 Å². The molecule has 0 fully saturated rings. The molecule has 1 rings (SSSR count). The number of ketones is 1. The highest BCUT2D eigenvalue weighted by Crippen LogP contribution is 2.24. The quantitative estimate of drug-likeness (QED) is 0.431. The number of aliphatic imine (C=N–C) groups is 2. The summed E-state index contributed by atoms with van der Waals surface area (Å²) in [6.07, 6.45) is 4.65. The molecule has 1 unspecified atom stereocenters. The molecule has 0 radical (unpaired) electrons. The van der Waals surface area contributed by atoms with Gasteiger partial charge in [0.25, 0.3) is 0 Å². The normalized spacial score (nSPS) is 13.4. The Morgan fingerprint density at radius 3 is 2.64 bits per heavy atom. The molecule has 0 N–H and O–H groups in total. The molecule has 4 nitrogen and oxygen atoms in total. The molecule has 22 heavy (non-hydrogen) atoms. The second kappa shape index (κ2) is 9.13. The molecule has 0 saturated heterocycles. The fraction of sp³-hybridized carbons (Fsp3) is 0.500. The summed E-state index contributed by atoms with van der Waals surface area (Å²) >= 11 is 0. The van der Waals surface area contributed by atoms with Crippen molar-refractivity contribution in [1.29, 1.82) is 0 Å². The number of hydrogen-bond acceptors (Lipinski definition) is 3. The van der Waals surface area contributed by atoms with Gasteiger partial charge in [-0.1, -0.05) is 33.3 Å². The largest absolute Gasteiger partial charge is 0.496 e. The molecule has 0 heterocycles. The summed E-state index contributed by atoms with van der Waals surface area (Å²) in [6.45, 7) is 6.05. The number of carbonyl (C=O) groups excluding carboxylic acids is 1. The van der Waals surface area contributed by atoms with Gasteiger partial charge in [0.15, 0.2) is 11.6 Å². The molecule has 0 bridgehead atoms. The maximum atomic E-state index is 12.4. The number of methoxy groups -OCH3 is 1. The van der Waals surface area contributed by atoms with Crippen LogP contribution in [0.5, 0.6) is 5.75 Å². The number of hydrogen-bond donors (Lipinski definition) is 0. The third-order valence-corrected chi connectivity index (χ3v) is 3.63. The average molecular weight is 302 g/mol. The Balaban J connectivity index is 3.14. The average Bonchev–Trinajstić information content (AvgIpc) is 2.56. The monoisotopic (exact) mass is 302 g/mol. The fourth-order valence-electron chi connectivity index (χ4n) is 2.03. The molecular weight excluding hydrogens is 276 g/mol. The topological polar surface area (TPSA) is 51.0 Å². The number of rotatable bonds is 7. The van der Waals surface area contributed by atoms with Crippen molar-refractivity contribution in [3.8, 4) is 5.75 Å². The minimum absolute atomic E-state index is 0.0124. The maximum absolute atomic E-state index is 12.4. The molecular formula is C18H26N2O2. The summed E-state index contributed by atoms with van der Waals surface area (Å²) in [4.78, 5) is 21.0. The van der Waals surface area contributed by atoms with E-state index in [4.69, 9.17) is 4.74 Å². The van der Waals surface area contributed by atoms with Crippen LogP contribution < -0.4 is 4.74 Å². The van der Waals surface area contributed by atoms with Gasteiger partial charge < -0.3 is 4.74 Å². The van der Waals surface area contributed by atoms with E-state index in [9.17, 15) is 4.79 Å². The lowest BCUT2D eigenvalue weighted by atomic mass is 9.95. The number of benzene rings is 1. The van der Waals surface area contributed by atoms with Crippen LogP contribution in [0, 0.1) is 5.92 Å². The Kier molecular flexibility index (Phi) is 7.50. The van der Waals surface area contributed by atoms with E-state index in [2.05, 4.69) is 16.9 Å². The lowest BCUT2D eigenvalue weighted by Crippen LogP contribution is -2.12. The van der Waals surface area contributed by atoms with Crippen LogP contribution in [0.1, 0.15) is 56.0 Å². The first-order chi connectivity index (χ1) is 10.6. The summed E-state index contributed by atoms with van der Waals surface area (Å²) in [5.41, 5.74) is 1.47. The molecule has 0 aromatic heterocycles. The fourth-order valence-corrected chi connectivity index (χ4v) is 2.03. The minimum atomic E-state index is -0.0124. The molecule has 1 aromatic carbocycles. The second-order valence-corrected chi connectivity index (χ2v) is 5.24. The lowest BCUT2D eigenvalue weighted by Gasteiger charge is -2.13. The molecule has 0 amide bonds. The Morgan fingerprint density at radius 1 is 1.36 bits per heavy atom. The summed E-state index contributed by atoms with van der Waals surface area (Å²) in [7, 11) is 3.29. The van der Waals surface area contributed by atoms with Crippen molar-refractivity contribution in [1.82, 2.24) is 0 Å². The number of unbranched alkanes of at least 4 members (excludes halogenated alkanes) is 1. The minimum Gasteiger partial charge on any atom is -0.496 e. The Bertz CT molecular complexity index is 562. The van der Waals surface area contributed by atoms with Crippen LogP contribution in [0.4, 0.5) is 0 Å². The standard InChI is InChI=1S/C18H26N2O2/c1-6-8-11-20-18(19-4)14-9-10-15(16(12-14)22-5)17(21)13(3)7-2/h9-13H,6-8H2,1-5H3/b19-18-,20-11-. The summed E-state index contributed by atoms with van der Waals surface area (Å²) in [5.74, 6) is 1.32. The molecule has 0 saturated carbocycles. The van der Waals surface area contributed by atoms with Gasteiger partial charge in [0.1, 0.15) is 5.75 Å². The molecule has 0 aliphatic rings. The van der Waals surface area contributed by atoms with E-state index < -0.39 is 0 Å². The SMILES string of the molecule is CCC/C=N\C(=N/C)c1ccc(C(=O)C(C)CC)c(OC)c1. The highest BCUT2D eigenvalue weighted by Gasteiger charge is 2.18. The van der Waals surface area contributed by atoms with Crippen molar-refractivity contribution in [2.24, 2.45) is 15.9 Å². The molecule has 0 aliphatic carbocycles. The van der Waals surface area contributed by atoms with Crippen LogP contribution in [0.25, 0.3) is 0 Å². The molecule has 120 valence electrons. The van der Waals surface area contributed by atoms with Crippen molar-refractivity contribution in [3.05, 3.63) is 29.3 Å². The van der Waals surface area contributed by atoms with Gasteiger partial charge in [-0.2, -0.15) is 0 Å². The van der Waals surface area contributed by atoms with E-state index in [0.29, 0.717) is 17.1 Å². The maximum Gasteiger partial charge on any atom is 0.169 e. The van der Waals surface area contributed by atoms with Gasteiger partial charge in [0.05, 0.1) is 12.7 Å². The van der Waals surface area contributed by atoms with Gasteiger partial charge >= 0.3 is 0 Å². The van der Waals surface area contributed by atoms with Crippen molar-refractivity contribution >= 4 is 17.8 Å². The Hall–Kier alpha value is -1.97. The third-order valence-electron chi connectivity index (χ3n) is 3.63. The predicted octanol–water partition coefficient (Wildman–Crippen LogP) is 4.17. The van der Waals surface area contributed by atoms with Crippen molar-refractivity contribution in [2.45, 2.75) is 40.0 Å². The first-order valence-corrected chi connectivity index (χ1v) is 7.80. The van der Waals surface area contributed by atoms with Crippen LogP contribution in [-0.2, 0) is 0 Å². The lowest BCUT2D eigenvalue weighted by molar-refractivity contribution is 0.0924. The van der Waals surface area contributed by atoms with E-state index in [0.717, 1.165) is 24.8 Å². The van der Waals surface area contributed by atoms with E-state index in [1.165, 1.54) is 0 Å². The molecule has 0 spiro atoms. The third kappa shape index (κ3) is 4.52. The molecule has 1 aromatic rings. The number of nitrogens with zero attached hydrogens (tertiary/aromatic N) is 2. The van der Waals surface area contributed by atoms with Gasteiger partial charge in [0, 0.05) is 24.7 Å². The van der Waals surface area contributed by atoms with Gasteiger partial charge in [-0.3, -0.25) is 9.79 Å². The second-order valence-electron chi connectivity index (χ2n) is 5.24. The van der Waals surface area contributed by atoms with Gasteiger partial charge in [-0.15, -0.1) is 0 Å². The highest BCUT2D eigenvalue weighted by molar-refractivity contribution is 6.05. The zero-order valence-electron chi connectivity index (χ0n) is 14.2. The Labute approximate surface area is 133 Å². The van der Waals surface area contributed by atoms with E-state index >= 15 is 0 Å². The predicted molar refractivity (Wildman–Crippen MR) is 92.6 cm³/mol. The van der Waals surface area contributed by atoms with Crippen LogP contribution in [0.15, 0.2) is 28.2 Å². The van der Waals surface area contributed by atoms with E-state index in [1.54, 1.807) is 14.2 Å². The molecule has 1 atom stereocenters. The highest BCUT2D eigenvalue weighted by atomic mass is 16.5. The van der Waals surface area contributed by atoms with Gasteiger partial charge in [-0.05, 0) is 25.0 Å². The smallest absolute Gasteiger partial charge is 0.169 e. The Morgan fingerprint density at radius 2 is 2.09 bits per heavy atom.